The third kappa shape index (κ3) is 2.60. The monoisotopic (exact) mass is 326 g/mol. The van der Waals surface area contributed by atoms with Gasteiger partial charge in [-0.2, -0.15) is 0 Å². The number of hydrogen-bond donors (Lipinski definition) is 2. The molecule has 2 aromatic carbocycles. The summed E-state index contributed by atoms with van der Waals surface area (Å²) in [6.07, 6.45) is 0. The standard InChI is InChI=1S/C16H14N4S2/c17-10-4-6-11(7-5-10)18-12-2-1-3-13-14(12)20-16-15(19-13)21-8-9-22-16/h1-7,18H,8-9,17H2. The Morgan fingerprint density at radius 3 is 2.41 bits per heavy atom. The fourth-order valence-electron chi connectivity index (χ4n) is 2.33. The van der Waals surface area contributed by atoms with E-state index in [0.717, 1.165) is 49.7 Å². The first-order valence-corrected chi connectivity index (χ1v) is 8.96. The van der Waals surface area contributed by atoms with Crippen LogP contribution in [0.4, 0.5) is 17.1 Å². The molecule has 3 aromatic rings. The Kier molecular flexibility index (Phi) is 3.56. The molecular formula is C16H14N4S2. The lowest BCUT2D eigenvalue weighted by atomic mass is 10.2. The molecule has 0 amide bonds. The number of nitrogens with zero attached hydrogens (tertiary/aromatic N) is 2. The summed E-state index contributed by atoms with van der Waals surface area (Å²) in [4.78, 5) is 9.57. The Morgan fingerprint density at radius 1 is 0.909 bits per heavy atom. The average Bonchev–Trinajstić information content (AvgIpc) is 2.55. The third-order valence-electron chi connectivity index (χ3n) is 3.38. The van der Waals surface area contributed by atoms with E-state index in [9.17, 15) is 0 Å². The molecule has 2 heterocycles. The molecule has 3 N–H and O–H groups in total. The van der Waals surface area contributed by atoms with E-state index in [2.05, 4.69) is 5.32 Å². The maximum absolute atomic E-state index is 5.73. The van der Waals surface area contributed by atoms with Crippen LogP contribution in [0, 0.1) is 0 Å². The van der Waals surface area contributed by atoms with Gasteiger partial charge < -0.3 is 11.1 Å². The third-order valence-corrected chi connectivity index (χ3v) is 5.70. The van der Waals surface area contributed by atoms with Gasteiger partial charge in [0.2, 0.25) is 0 Å². The van der Waals surface area contributed by atoms with Crippen molar-refractivity contribution in [3.63, 3.8) is 0 Å². The number of thioether (sulfide) groups is 2. The van der Waals surface area contributed by atoms with Gasteiger partial charge in [0, 0.05) is 22.9 Å². The van der Waals surface area contributed by atoms with Gasteiger partial charge in [-0.15, -0.1) is 23.5 Å². The van der Waals surface area contributed by atoms with Crippen molar-refractivity contribution in [1.29, 1.82) is 0 Å². The van der Waals surface area contributed by atoms with E-state index in [1.54, 1.807) is 23.5 Å². The number of nitrogens with two attached hydrogens (primary N) is 1. The first kappa shape index (κ1) is 13.7. The SMILES string of the molecule is Nc1ccc(Nc2cccc3nc4c(nc23)SCCS4)cc1. The van der Waals surface area contributed by atoms with Gasteiger partial charge >= 0.3 is 0 Å². The molecule has 0 bridgehead atoms. The van der Waals surface area contributed by atoms with Crippen molar-refractivity contribution in [3.05, 3.63) is 42.5 Å². The topological polar surface area (TPSA) is 63.8 Å². The minimum Gasteiger partial charge on any atom is -0.399 e. The van der Waals surface area contributed by atoms with Crippen molar-refractivity contribution in [2.24, 2.45) is 0 Å². The second-order valence-corrected chi connectivity index (χ2v) is 7.12. The molecule has 0 fully saturated rings. The second-order valence-electron chi connectivity index (χ2n) is 4.95. The second kappa shape index (κ2) is 5.70. The van der Waals surface area contributed by atoms with E-state index in [4.69, 9.17) is 15.7 Å². The lowest BCUT2D eigenvalue weighted by Gasteiger charge is -2.15. The van der Waals surface area contributed by atoms with Crippen LogP contribution < -0.4 is 11.1 Å². The number of benzene rings is 2. The Balaban J connectivity index is 1.78. The zero-order chi connectivity index (χ0) is 14.9. The molecular weight excluding hydrogens is 312 g/mol. The fraction of sp³-hybridized carbons (Fsp3) is 0.125. The van der Waals surface area contributed by atoms with E-state index in [1.807, 2.05) is 42.5 Å². The highest BCUT2D eigenvalue weighted by atomic mass is 32.2. The Hall–Kier alpha value is -1.92. The first-order chi connectivity index (χ1) is 10.8. The number of nitrogens with one attached hydrogen (secondary N) is 1. The van der Waals surface area contributed by atoms with Gasteiger partial charge in [0.1, 0.15) is 15.6 Å². The molecule has 0 unspecified atom stereocenters. The summed E-state index contributed by atoms with van der Waals surface area (Å²) in [6, 6.07) is 13.7. The molecule has 4 rings (SSSR count). The lowest BCUT2D eigenvalue weighted by Crippen LogP contribution is -2.01. The lowest BCUT2D eigenvalue weighted by molar-refractivity contribution is 0.963. The highest BCUT2D eigenvalue weighted by Crippen LogP contribution is 2.36. The van der Waals surface area contributed by atoms with E-state index < -0.39 is 0 Å². The predicted molar refractivity (Wildman–Crippen MR) is 95.1 cm³/mol. The Labute approximate surface area is 136 Å². The summed E-state index contributed by atoms with van der Waals surface area (Å²) in [5.74, 6) is 2.19. The van der Waals surface area contributed by atoms with Gasteiger partial charge in [0.15, 0.2) is 0 Å². The van der Waals surface area contributed by atoms with Crippen LogP contribution in [0.2, 0.25) is 0 Å². The largest absolute Gasteiger partial charge is 0.399 e. The zero-order valence-electron chi connectivity index (χ0n) is 11.7. The van der Waals surface area contributed by atoms with E-state index >= 15 is 0 Å². The molecule has 6 heteroatoms. The van der Waals surface area contributed by atoms with E-state index in [0.29, 0.717) is 0 Å². The van der Waals surface area contributed by atoms with Crippen LogP contribution in [0.5, 0.6) is 0 Å². The van der Waals surface area contributed by atoms with Gasteiger partial charge in [-0.25, -0.2) is 9.97 Å². The summed E-state index contributed by atoms with van der Waals surface area (Å²) in [7, 11) is 0. The number of nitrogen functional groups attached to an aromatic ring is 1. The van der Waals surface area contributed by atoms with Gasteiger partial charge in [-0.3, -0.25) is 0 Å². The molecule has 0 atom stereocenters. The quantitative estimate of drug-likeness (QED) is 0.690. The molecule has 0 saturated carbocycles. The van der Waals surface area contributed by atoms with Crippen LogP contribution >= 0.6 is 23.5 Å². The summed E-state index contributed by atoms with van der Waals surface area (Å²) in [5.41, 5.74) is 10.3. The van der Waals surface area contributed by atoms with Crippen LogP contribution in [0.3, 0.4) is 0 Å². The molecule has 4 nitrogen and oxygen atoms in total. The number of hydrogen-bond acceptors (Lipinski definition) is 6. The van der Waals surface area contributed by atoms with Gasteiger partial charge in [-0.05, 0) is 36.4 Å². The summed E-state index contributed by atoms with van der Waals surface area (Å²) in [5, 5.41) is 5.49. The van der Waals surface area contributed by atoms with Gasteiger partial charge in [-0.1, -0.05) is 6.07 Å². The van der Waals surface area contributed by atoms with Crippen molar-refractivity contribution in [3.8, 4) is 0 Å². The van der Waals surface area contributed by atoms with Crippen molar-refractivity contribution >= 4 is 51.6 Å². The highest BCUT2D eigenvalue weighted by molar-refractivity contribution is 8.05. The molecule has 1 aromatic heterocycles. The highest BCUT2D eigenvalue weighted by Gasteiger charge is 2.16. The number of rotatable bonds is 2. The number of aromatic nitrogens is 2. The average molecular weight is 326 g/mol. The van der Waals surface area contributed by atoms with Gasteiger partial charge in [0.05, 0.1) is 11.2 Å². The summed E-state index contributed by atoms with van der Waals surface area (Å²) in [6.45, 7) is 0. The van der Waals surface area contributed by atoms with E-state index in [1.165, 1.54) is 0 Å². The smallest absolute Gasteiger partial charge is 0.129 e. The van der Waals surface area contributed by atoms with Crippen molar-refractivity contribution in [1.82, 2.24) is 9.97 Å². The van der Waals surface area contributed by atoms with Crippen LogP contribution in [0.25, 0.3) is 11.0 Å². The molecule has 22 heavy (non-hydrogen) atoms. The van der Waals surface area contributed by atoms with Crippen molar-refractivity contribution < 1.29 is 0 Å². The zero-order valence-corrected chi connectivity index (χ0v) is 13.4. The molecule has 110 valence electrons. The van der Waals surface area contributed by atoms with Gasteiger partial charge in [0.25, 0.3) is 0 Å². The molecule has 1 aliphatic rings. The summed E-state index contributed by atoms with van der Waals surface area (Å²) >= 11 is 3.57. The fourth-order valence-corrected chi connectivity index (χ4v) is 4.40. The Bertz CT molecular complexity index is 833. The normalized spacial score (nSPS) is 13.8. The van der Waals surface area contributed by atoms with Crippen LogP contribution in [0.1, 0.15) is 0 Å². The Morgan fingerprint density at radius 2 is 1.64 bits per heavy atom. The maximum Gasteiger partial charge on any atom is 0.129 e. The predicted octanol–water partition coefficient (Wildman–Crippen LogP) is 4.15. The maximum atomic E-state index is 5.73. The summed E-state index contributed by atoms with van der Waals surface area (Å²) < 4.78 is 0. The molecule has 0 radical (unpaired) electrons. The van der Waals surface area contributed by atoms with Crippen molar-refractivity contribution in [2.75, 3.05) is 22.6 Å². The molecule has 0 saturated heterocycles. The van der Waals surface area contributed by atoms with E-state index in [-0.39, 0.29) is 0 Å². The minimum absolute atomic E-state index is 0.755. The van der Waals surface area contributed by atoms with Crippen molar-refractivity contribution in [2.45, 2.75) is 10.1 Å². The van der Waals surface area contributed by atoms with Crippen LogP contribution in [-0.4, -0.2) is 21.5 Å². The molecule has 0 aliphatic carbocycles. The van der Waals surface area contributed by atoms with Crippen LogP contribution in [-0.2, 0) is 0 Å². The first-order valence-electron chi connectivity index (χ1n) is 6.98. The van der Waals surface area contributed by atoms with Crippen LogP contribution in [0.15, 0.2) is 52.5 Å². The number of para-hydroxylation sites is 1. The minimum atomic E-state index is 0.755. The molecule has 0 spiro atoms. The number of anilines is 3. The number of fused-ring (bicyclic) bond motifs is 2. The molecule has 1 aliphatic heterocycles.